The molecule has 1 N–H and O–H groups in total. The predicted molar refractivity (Wildman–Crippen MR) is 107 cm³/mol. The van der Waals surface area contributed by atoms with E-state index in [0.29, 0.717) is 17.0 Å². The molecule has 0 saturated carbocycles. The van der Waals surface area contributed by atoms with Crippen molar-refractivity contribution in [3.8, 4) is 5.75 Å². The summed E-state index contributed by atoms with van der Waals surface area (Å²) in [4.78, 5) is 25.4. The van der Waals surface area contributed by atoms with Gasteiger partial charge in [-0.15, -0.1) is 0 Å². The third-order valence-electron chi connectivity index (χ3n) is 4.59. The number of amides is 2. The van der Waals surface area contributed by atoms with Crippen molar-refractivity contribution in [2.45, 2.75) is 25.2 Å². The summed E-state index contributed by atoms with van der Waals surface area (Å²) in [6, 6.07) is 10.4. The summed E-state index contributed by atoms with van der Waals surface area (Å²) >= 11 is 0. The van der Waals surface area contributed by atoms with E-state index in [1.54, 1.807) is 26.1 Å². The molecule has 2 aromatic rings. The number of fused-ring (bicyclic) bond motifs is 1. The van der Waals surface area contributed by atoms with Crippen LogP contribution in [-0.4, -0.2) is 39.6 Å². The highest BCUT2D eigenvalue weighted by Gasteiger charge is 2.25. The minimum atomic E-state index is -3.70. The van der Waals surface area contributed by atoms with E-state index < -0.39 is 9.84 Å². The number of sulfone groups is 1. The fourth-order valence-corrected chi connectivity index (χ4v) is 4.53. The monoisotopic (exact) mass is 402 g/mol. The zero-order chi connectivity index (χ0) is 20.5. The van der Waals surface area contributed by atoms with Crippen LogP contribution >= 0.6 is 0 Å². The van der Waals surface area contributed by atoms with Crippen molar-refractivity contribution in [1.82, 2.24) is 0 Å². The summed E-state index contributed by atoms with van der Waals surface area (Å²) in [5.41, 5.74) is 2.67. The highest BCUT2D eigenvalue weighted by molar-refractivity contribution is 7.91. The topological polar surface area (TPSA) is 92.8 Å². The summed E-state index contributed by atoms with van der Waals surface area (Å²) < 4.78 is 30.9. The maximum absolute atomic E-state index is 12.8. The Morgan fingerprint density at radius 3 is 2.68 bits per heavy atom. The molecule has 3 rings (SSSR count). The number of nitrogens with one attached hydrogen (secondary N) is 1. The van der Waals surface area contributed by atoms with E-state index in [1.807, 2.05) is 25.1 Å². The quantitative estimate of drug-likeness (QED) is 0.829. The molecule has 8 heteroatoms. The highest BCUT2D eigenvalue weighted by Crippen LogP contribution is 2.33. The Morgan fingerprint density at radius 2 is 1.96 bits per heavy atom. The number of ether oxygens (including phenoxy) is 1. The molecule has 0 aliphatic carbocycles. The lowest BCUT2D eigenvalue weighted by atomic mass is 10.2. The van der Waals surface area contributed by atoms with Crippen molar-refractivity contribution in [3.05, 3.63) is 47.5 Å². The number of hydrogen-bond acceptors (Lipinski definition) is 5. The van der Waals surface area contributed by atoms with Crippen LogP contribution in [0.4, 0.5) is 11.4 Å². The van der Waals surface area contributed by atoms with E-state index in [4.69, 9.17) is 4.74 Å². The van der Waals surface area contributed by atoms with Crippen LogP contribution in [0.3, 0.4) is 0 Å². The third-order valence-corrected chi connectivity index (χ3v) is 6.44. The molecule has 0 saturated heterocycles. The van der Waals surface area contributed by atoms with Crippen molar-refractivity contribution < 1.29 is 22.7 Å². The van der Waals surface area contributed by atoms with Crippen molar-refractivity contribution in [2.24, 2.45) is 0 Å². The Balaban J connectivity index is 1.75. The molecule has 0 aromatic heterocycles. The smallest absolute Gasteiger partial charge is 0.262 e. The lowest BCUT2D eigenvalue weighted by molar-refractivity contribution is -0.119. The van der Waals surface area contributed by atoms with Gasteiger partial charge in [-0.3, -0.25) is 9.59 Å². The molecule has 2 amide bonds. The van der Waals surface area contributed by atoms with Crippen LogP contribution in [0.5, 0.6) is 5.75 Å². The number of carbonyl (C=O) groups excluding carboxylic acids is 2. The van der Waals surface area contributed by atoms with E-state index in [-0.39, 0.29) is 35.5 Å². The third kappa shape index (κ3) is 4.17. The number of carbonyl (C=O) groups is 2. The molecule has 0 bridgehead atoms. The van der Waals surface area contributed by atoms with Gasteiger partial charge in [0.1, 0.15) is 5.75 Å². The first kappa shape index (κ1) is 19.9. The highest BCUT2D eigenvalue weighted by atomic mass is 32.2. The number of rotatable bonds is 5. The van der Waals surface area contributed by atoms with Crippen LogP contribution in [0.1, 0.15) is 17.5 Å². The first-order valence-electron chi connectivity index (χ1n) is 8.80. The molecule has 1 aliphatic heterocycles. The van der Waals surface area contributed by atoms with Gasteiger partial charge < -0.3 is 15.0 Å². The van der Waals surface area contributed by atoms with Crippen LogP contribution in [0.15, 0.2) is 41.3 Å². The molecule has 0 unspecified atom stereocenters. The van der Waals surface area contributed by atoms with Crippen LogP contribution in [0, 0.1) is 13.8 Å². The number of hydrogen-bond donors (Lipinski definition) is 1. The first-order valence-corrected chi connectivity index (χ1v) is 10.5. The molecule has 148 valence electrons. The van der Waals surface area contributed by atoms with Gasteiger partial charge in [0.25, 0.3) is 5.91 Å². The molecule has 0 spiro atoms. The molecular weight excluding hydrogens is 380 g/mol. The Bertz CT molecular complexity index is 1050. The second-order valence-electron chi connectivity index (χ2n) is 6.81. The van der Waals surface area contributed by atoms with Crippen molar-refractivity contribution in [3.63, 3.8) is 0 Å². The fraction of sp³-hybridized carbons (Fsp3) is 0.300. The number of aryl methyl sites for hydroxylation is 2. The molecule has 2 aromatic carbocycles. The molecular formula is C20H22N2O5S. The van der Waals surface area contributed by atoms with Gasteiger partial charge in [-0.2, -0.15) is 0 Å². The summed E-state index contributed by atoms with van der Waals surface area (Å²) in [6.45, 7) is 3.42. The van der Waals surface area contributed by atoms with E-state index >= 15 is 0 Å². The first-order chi connectivity index (χ1) is 13.2. The normalized spacial score (nSPS) is 13.3. The van der Waals surface area contributed by atoms with Crippen LogP contribution in [0.2, 0.25) is 0 Å². The van der Waals surface area contributed by atoms with E-state index in [1.165, 1.54) is 11.0 Å². The van der Waals surface area contributed by atoms with Crippen molar-refractivity contribution >= 4 is 33.0 Å². The SMILES string of the molecule is Cc1cccc(N(C)C(=O)CCS(=O)(=O)c2cc3c(cc2C)NC(=O)CO3)c1. The zero-order valence-corrected chi connectivity index (χ0v) is 16.8. The average molecular weight is 402 g/mol. The predicted octanol–water partition coefficient (Wildman–Crippen LogP) is 2.46. The van der Waals surface area contributed by atoms with Crippen LogP contribution in [-0.2, 0) is 19.4 Å². The van der Waals surface area contributed by atoms with Gasteiger partial charge in [-0.1, -0.05) is 12.1 Å². The molecule has 0 fully saturated rings. The van der Waals surface area contributed by atoms with Gasteiger partial charge in [0.05, 0.1) is 16.3 Å². The fourth-order valence-electron chi connectivity index (χ4n) is 3.03. The van der Waals surface area contributed by atoms with Gasteiger partial charge in [-0.25, -0.2) is 8.42 Å². The molecule has 7 nitrogen and oxygen atoms in total. The van der Waals surface area contributed by atoms with Crippen molar-refractivity contribution in [2.75, 3.05) is 29.6 Å². The maximum Gasteiger partial charge on any atom is 0.262 e. The van der Waals surface area contributed by atoms with Crippen LogP contribution < -0.4 is 15.0 Å². The maximum atomic E-state index is 12.8. The van der Waals surface area contributed by atoms with E-state index in [9.17, 15) is 18.0 Å². The van der Waals surface area contributed by atoms with Crippen molar-refractivity contribution in [1.29, 1.82) is 0 Å². The number of anilines is 2. The molecule has 0 atom stereocenters. The zero-order valence-electron chi connectivity index (χ0n) is 16.0. The Labute approximate surface area is 164 Å². The standard InChI is InChI=1S/C20H22N2O5S/c1-13-5-4-6-15(9-13)22(3)20(24)7-8-28(25,26)18-11-17-16(10-14(18)2)21-19(23)12-27-17/h4-6,9-11H,7-8,12H2,1-3H3,(H,21,23). The Morgan fingerprint density at radius 1 is 1.21 bits per heavy atom. The lowest BCUT2D eigenvalue weighted by Gasteiger charge is -2.20. The Kier molecular flexibility index (Phi) is 5.42. The minimum absolute atomic E-state index is 0.105. The van der Waals surface area contributed by atoms with E-state index in [2.05, 4.69) is 5.32 Å². The van der Waals surface area contributed by atoms with Gasteiger partial charge in [0, 0.05) is 25.2 Å². The number of nitrogens with zero attached hydrogens (tertiary/aromatic N) is 1. The lowest BCUT2D eigenvalue weighted by Crippen LogP contribution is -2.28. The van der Waals surface area contributed by atoms with Crippen LogP contribution in [0.25, 0.3) is 0 Å². The van der Waals surface area contributed by atoms with Gasteiger partial charge in [0.2, 0.25) is 5.91 Å². The van der Waals surface area contributed by atoms with Gasteiger partial charge >= 0.3 is 0 Å². The second kappa shape index (κ2) is 7.63. The molecule has 28 heavy (non-hydrogen) atoms. The molecule has 0 radical (unpaired) electrons. The summed E-state index contributed by atoms with van der Waals surface area (Å²) in [5, 5.41) is 2.65. The average Bonchev–Trinajstić information content (AvgIpc) is 2.64. The largest absolute Gasteiger partial charge is 0.482 e. The minimum Gasteiger partial charge on any atom is -0.482 e. The Hall–Kier alpha value is -2.87. The van der Waals surface area contributed by atoms with Gasteiger partial charge in [-0.05, 0) is 43.2 Å². The van der Waals surface area contributed by atoms with Gasteiger partial charge in [0.15, 0.2) is 16.4 Å². The number of benzene rings is 2. The second-order valence-corrected chi connectivity index (χ2v) is 8.89. The summed E-state index contributed by atoms with van der Waals surface area (Å²) in [5.74, 6) is -0.568. The van der Waals surface area contributed by atoms with E-state index in [0.717, 1.165) is 11.3 Å². The molecule has 1 aliphatic rings. The summed E-state index contributed by atoms with van der Waals surface area (Å²) in [7, 11) is -2.07. The summed E-state index contributed by atoms with van der Waals surface area (Å²) in [6.07, 6.45) is -0.138. The molecule has 1 heterocycles.